The SMILES string of the molecule is CCc1c(-c2ccc(-n3c(OC)nn(C)c3=O)cc2-c2ccc(N3CCN(C4CCN(c5cccc6c5C(C)(C)C(=O)N6C5CCC(=O)NC5=O)CC4)CC3)cc2)ccnc1N1CCN(c2cccnc2)C1=O. The molecule has 5 aliphatic heterocycles. The van der Waals surface area contributed by atoms with E-state index in [-0.39, 0.29) is 36.0 Å². The molecule has 0 aliphatic carbocycles. The van der Waals surface area contributed by atoms with Crippen LogP contribution in [0.3, 0.4) is 0 Å². The topological polar surface area (TPSA) is 175 Å². The fourth-order valence-electron chi connectivity index (χ4n) is 11.8. The lowest BCUT2D eigenvalue weighted by atomic mass is 9.84. The van der Waals surface area contributed by atoms with Crippen molar-refractivity contribution >= 4 is 52.3 Å². The Kier molecular flexibility index (Phi) is 12.3. The third-order valence-corrected chi connectivity index (χ3v) is 15.6. The Morgan fingerprint density at radius 1 is 0.726 bits per heavy atom. The number of piperidine rings is 2. The first kappa shape index (κ1) is 47.5. The summed E-state index contributed by atoms with van der Waals surface area (Å²) in [6.45, 7) is 12.3. The number of anilines is 5. The molecule has 4 fully saturated rings. The second-order valence-corrected chi connectivity index (χ2v) is 20.0. The molecule has 5 aliphatic rings. The molecule has 1 unspecified atom stereocenters. The van der Waals surface area contributed by atoms with Crippen molar-refractivity contribution in [2.45, 2.75) is 70.4 Å². The predicted molar refractivity (Wildman–Crippen MR) is 280 cm³/mol. The number of aryl methyl sites for hydroxylation is 1. The van der Waals surface area contributed by atoms with E-state index in [1.54, 1.807) is 40.3 Å². The van der Waals surface area contributed by atoms with Gasteiger partial charge in [0.1, 0.15) is 11.9 Å². The molecule has 3 aromatic heterocycles. The summed E-state index contributed by atoms with van der Waals surface area (Å²) >= 11 is 0. The highest BCUT2D eigenvalue weighted by atomic mass is 16.5. The second kappa shape index (κ2) is 19.0. The summed E-state index contributed by atoms with van der Waals surface area (Å²) in [5.74, 6) is -0.195. The van der Waals surface area contributed by atoms with Gasteiger partial charge in [-0.3, -0.25) is 44.3 Å². The fourth-order valence-corrected chi connectivity index (χ4v) is 11.8. The van der Waals surface area contributed by atoms with E-state index in [1.807, 2.05) is 62.4 Å². The molecule has 376 valence electrons. The molecular weight excluding hydrogens is 925 g/mol. The van der Waals surface area contributed by atoms with E-state index in [0.717, 1.165) is 108 Å². The van der Waals surface area contributed by atoms with E-state index < -0.39 is 17.4 Å². The zero-order valence-electron chi connectivity index (χ0n) is 42.0. The quantitative estimate of drug-likeness (QED) is 0.152. The minimum atomic E-state index is -0.816. The highest BCUT2D eigenvalue weighted by molar-refractivity contribution is 6.15. The molecule has 1 atom stereocenters. The van der Waals surface area contributed by atoms with Gasteiger partial charge in [-0.1, -0.05) is 31.2 Å². The van der Waals surface area contributed by atoms with E-state index in [2.05, 4.69) is 67.4 Å². The first-order chi connectivity index (χ1) is 35.4. The van der Waals surface area contributed by atoms with Gasteiger partial charge < -0.3 is 14.5 Å². The van der Waals surface area contributed by atoms with Gasteiger partial charge in [0.15, 0.2) is 0 Å². The van der Waals surface area contributed by atoms with Gasteiger partial charge in [0.2, 0.25) is 17.7 Å². The number of fused-ring (bicyclic) bond motifs is 1. The minimum Gasteiger partial charge on any atom is -0.467 e. The Bertz CT molecular complexity index is 3190. The molecule has 18 nitrogen and oxygen atoms in total. The molecule has 0 bridgehead atoms. The number of imide groups is 1. The Morgan fingerprint density at radius 3 is 2.18 bits per heavy atom. The molecule has 8 heterocycles. The highest BCUT2D eigenvalue weighted by Gasteiger charge is 2.51. The van der Waals surface area contributed by atoms with Gasteiger partial charge in [0.05, 0.1) is 35.8 Å². The van der Waals surface area contributed by atoms with Gasteiger partial charge in [-0.2, -0.15) is 0 Å². The van der Waals surface area contributed by atoms with Gasteiger partial charge in [0.25, 0.3) is 0 Å². The van der Waals surface area contributed by atoms with E-state index in [1.165, 1.54) is 16.4 Å². The van der Waals surface area contributed by atoms with Crippen molar-refractivity contribution < 1.29 is 23.9 Å². The number of hydrogen-bond acceptors (Lipinski definition) is 12. The molecule has 73 heavy (non-hydrogen) atoms. The smallest absolute Gasteiger partial charge is 0.353 e. The summed E-state index contributed by atoms with van der Waals surface area (Å²) in [6, 6.07) is 26.1. The Labute approximate surface area is 423 Å². The first-order valence-electron chi connectivity index (χ1n) is 25.3. The standard InChI is InChI=1S/C55H60N12O6/c1-6-40-42(20-24-57-49(40)65-32-31-64(54(65)72)39-9-8-23-56-34-39)41-17-16-38(66-52(73-5)59-60(4)53(66)71)33-43(41)35-12-14-36(15-13-35)61-27-29-62(30-28-61)37-21-25-63(26-22-37)44-10-7-11-45-48(44)55(2,3)51(70)67(45)46-18-19-47(68)58-50(46)69/h7-17,20,23-24,33-34,37,46H,6,18-19,21-22,25-32H2,1-5H3,(H,58,68,69). The average molecular weight is 985 g/mol. The molecule has 0 radical (unpaired) electrons. The lowest BCUT2D eigenvalue weighted by molar-refractivity contribution is -0.136. The number of pyridine rings is 2. The number of hydrogen-bond donors (Lipinski definition) is 1. The fraction of sp³-hybridized carbons (Fsp3) is 0.382. The number of ether oxygens (including phenoxy) is 1. The number of urea groups is 1. The number of nitrogens with one attached hydrogen (secondary N) is 1. The average Bonchev–Trinajstić information content (AvgIpc) is 4.02. The van der Waals surface area contributed by atoms with Crippen molar-refractivity contribution in [3.8, 4) is 34.0 Å². The molecule has 1 N–H and O–H groups in total. The lowest BCUT2D eigenvalue weighted by Gasteiger charge is -2.44. The van der Waals surface area contributed by atoms with Gasteiger partial charge in [-0.25, -0.2) is 23.8 Å². The van der Waals surface area contributed by atoms with Crippen LogP contribution in [0.15, 0.2) is 102 Å². The number of aromatic nitrogens is 5. The van der Waals surface area contributed by atoms with Gasteiger partial charge in [-0.05, 0) is 116 Å². The largest absolute Gasteiger partial charge is 0.467 e. The van der Waals surface area contributed by atoms with Crippen LogP contribution in [0, 0.1) is 0 Å². The minimum absolute atomic E-state index is 0.109. The monoisotopic (exact) mass is 984 g/mol. The molecule has 6 aromatic rings. The van der Waals surface area contributed by atoms with Crippen molar-refractivity contribution in [2.24, 2.45) is 7.05 Å². The third kappa shape index (κ3) is 8.26. The molecule has 4 saturated heterocycles. The number of methoxy groups -OCH3 is 1. The maximum absolute atomic E-state index is 14.0. The van der Waals surface area contributed by atoms with Crippen molar-refractivity contribution in [2.75, 3.05) is 84.0 Å². The molecule has 5 amide bonds. The van der Waals surface area contributed by atoms with Crippen molar-refractivity contribution in [1.82, 2.24) is 34.5 Å². The van der Waals surface area contributed by atoms with Crippen LogP contribution in [0.25, 0.3) is 27.9 Å². The normalized spacial score (nSPS) is 19.5. The van der Waals surface area contributed by atoms with Gasteiger partial charge in [0, 0.05) is 107 Å². The number of amides is 5. The van der Waals surface area contributed by atoms with Gasteiger partial charge in [-0.15, -0.1) is 5.10 Å². The Hall–Kier alpha value is -7.86. The van der Waals surface area contributed by atoms with Crippen LogP contribution in [0.1, 0.15) is 57.6 Å². The molecule has 0 saturated carbocycles. The molecule has 18 heteroatoms. The van der Waals surface area contributed by atoms with Crippen LogP contribution in [0.2, 0.25) is 0 Å². The first-order valence-corrected chi connectivity index (χ1v) is 25.3. The predicted octanol–water partition coefficient (Wildman–Crippen LogP) is 5.93. The zero-order chi connectivity index (χ0) is 50.7. The number of carbonyl (C=O) groups excluding carboxylic acids is 4. The highest BCUT2D eigenvalue weighted by Crippen LogP contribution is 2.49. The Balaban J connectivity index is 0.808. The molecule has 11 rings (SSSR count). The van der Waals surface area contributed by atoms with Crippen LogP contribution >= 0.6 is 0 Å². The van der Waals surface area contributed by atoms with E-state index in [0.29, 0.717) is 43.5 Å². The number of carbonyl (C=O) groups is 4. The zero-order valence-corrected chi connectivity index (χ0v) is 42.0. The number of rotatable bonds is 11. The molecule has 3 aromatic carbocycles. The van der Waals surface area contributed by atoms with Crippen LogP contribution in [0.5, 0.6) is 6.01 Å². The van der Waals surface area contributed by atoms with Crippen LogP contribution in [-0.2, 0) is 33.3 Å². The van der Waals surface area contributed by atoms with Crippen molar-refractivity contribution in [3.63, 3.8) is 0 Å². The summed E-state index contributed by atoms with van der Waals surface area (Å²) < 4.78 is 8.29. The number of piperazine rings is 1. The summed E-state index contributed by atoms with van der Waals surface area (Å²) in [4.78, 5) is 87.9. The summed E-state index contributed by atoms with van der Waals surface area (Å²) in [5.41, 5.74) is 8.79. The van der Waals surface area contributed by atoms with Crippen molar-refractivity contribution in [3.05, 3.63) is 119 Å². The van der Waals surface area contributed by atoms with E-state index in [4.69, 9.17) is 9.72 Å². The van der Waals surface area contributed by atoms with E-state index >= 15 is 0 Å². The summed E-state index contributed by atoms with van der Waals surface area (Å²) in [5, 5.41) is 6.75. The van der Waals surface area contributed by atoms with E-state index in [9.17, 15) is 24.0 Å². The maximum atomic E-state index is 14.0. The van der Waals surface area contributed by atoms with Gasteiger partial charge >= 0.3 is 17.7 Å². The summed E-state index contributed by atoms with van der Waals surface area (Å²) in [7, 11) is 3.10. The van der Waals surface area contributed by atoms with Crippen molar-refractivity contribution in [1.29, 1.82) is 0 Å². The lowest BCUT2D eigenvalue weighted by Crippen LogP contribution is -2.55. The van der Waals surface area contributed by atoms with Crippen LogP contribution in [-0.4, -0.2) is 125 Å². The summed E-state index contributed by atoms with van der Waals surface area (Å²) in [6.07, 6.45) is 8.31. The molecule has 0 spiro atoms. The van der Waals surface area contributed by atoms with Crippen LogP contribution < -0.4 is 40.2 Å². The molecular formula is C55H60N12O6. The maximum Gasteiger partial charge on any atom is 0.353 e. The Morgan fingerprint density at radius 2 is 1.47 bits per heavy atom. The van der Waals surface area contributed by atoms with Crippen LogP contribution in [0.4, 0.5) is 33.4 Å². The second-order valence-electron chi connectivity index (χ2n) is 20.0. The number of nitrogens with zero attached hydrogens (tertiary/aromatic N) is 11. The third-order valence-electron chi connectivity index (χ3n) is 15.6. The number of benzene rings is 3.